The zero-order chi connectivity index (χ0) is 28.6. The summed E-state index contributed by atoms with van der Waals surface area (Å²) >= 11 is 0. The molecule has 4 aromatic rings. The third-order valence-corrected chi connectivity index (χ3v) is 7.00. The van der Waals surface area contributed by atoms with Crippen LogP contribution in [0.2, 0.25) is 0 Å². The summed E-state index contributed by atoms with van der Waals surface area (Å²) in [5.41, 5.74) is 0.0685. The van der Waals surface area contributed by atoms with Crippen molar-refractivity contribution in [3.8, 4) is 28.4 Å². The highest BCUT2D eigenvalue weighted by molar-refractivity contribution is 5.80. The molecule has 0 atom stereocenters. The van der Waals surface area contributed by atoms with Crippen LogP contribution >= 0.6 is 0 Å². The number of aromatic amines is 1. The standard InChI is InChI=1S/C28H24F5N5O3/c29-22-3-1-2-20(26(22)30)27-35-24-12-34-38(14-25(24)36-27)13-18-11-23(37-41-18)19-5-4-17(10-21(19)28(31,32)33)40-15-16-6-8-39-9-7-16/h1-5,10-12,16H,6-9,13-15H2,(H,35,36). The Morgan fingerprint density at radius 2 is 1.88 bits per heavy atom. The van der Waals surface area contributed by atoms with Crippen LogP contribution in [0.1, 0.15) is 35.6 Å². The summed E-state index contributed by atoms with van der Waals surface area (Å²) in [7, 11) is 0. The smallest absolute Gasteiger partial charge is 0.417 e. The molecule has 6 rings (SSSR count). The maximum Gasteiger partial charge on any atom is 0.417 e. The lowest BCUT2D eigenvalue weighted by molar-refractivity contribution is -0.137. The van der Waals surface area contributed by atoms with Gasteiger partial charge in [-0.25, -0.2) is 13.8 Å². The number of rotatable bonds is 7. The molecule has 2 aromatic carbocycles. The highest BCUT2D eigenvalue weighted by atomic mass is 19.4. The van der Waals surface area contributed by atoms with Gasteiger partial charge in [-0.3, -0.25) is 5.01 Å². The highest BCUT2D eigenvalue weighted by Crippen LogP contribution is 2.39. The lowest BCUT2D eigenvalue weighted by atomic mass is 10.0. The molecule has 0 radical (unpaired) electrons. The average molecular weight is 574 g/mol. The molecule has 2 aliphatic rings. The number of hydrogen-bond acceptors (Lipinski definition) is 7. The van der Waals surface area contributed by atoms with Crippen molar-refractivity contribution in [3.63, 3.8) is 0 Å². The van der Waals surface area contributed by atoms with Gasteiger partial charge in [0.2, 0.25) is 0 Å². The minimum absolute atomic E-state index is 0.0142. The normalized spacial score (nSPS) is 15.8. The highest BCUT2D eigenvalue weighted by Gasteiger charge is 2.35. The van der Waals surface area contributed by atoms with E-state index in [1.807, 2.05) is 0 Å². The number of benzene rings is 2. The number of alkyl halides is 3. The number of hydrazone groups is 1. The summed E-state index contributed by atoms with van der Waals surface area (Å²) in [5.74, 6) is -1.20. The van der Waals surface area contributed by atoms with Crippen LogP contribution in [0.3, 0.4) is 0 Å². The third-order valence-electron chi connectivity index (χ3n) is 7.00. The van der Waals surface area contributed by atoms with Gasteiger partial charge in [-0.1, -0.05) is 11.2 Å². The number of hydrogen-bond donors (Lipinski definition) is 1. The van der Waals surface area contributed by atoms with Crippen LogP contribution in [0, 0.1) is 17.6 Å². The summed E-state index contributed by atoms with van der Waals surface area (Å²) in [4.78, 5) is 7.28. The maximum absolute atomic E-state index is 14.2. The molecule has 214 valence electrons. The molecule has 0 aliphatic carbocycles. The van der Waals surface area contributed by atoms with Crippen molar-refractivity contribution >= 4 is 6.21 Å². The zero-order valence-electron chi connectivity index (χ0n) is 21.5. The molecule has 1 fully saturated rings. The number of H-pyrrole nitrogens is 1. The average Bonchev–Trinajstić information content (AvgIpc) is 3.60. The summed E-state index contributed by atoms with van der Waals surface area (Å²) in [6, 6.07) is 9.04. The van der Waals surface area contributed by atoms with Gasteiger partial charge in [-0.05, 0) is 49.1 Å². The Labute approximate surface area is 230 Å². The molecule has 1 saturated heterocycles. The van der Waals surface area contributed by atoms with Crippen molar-refractivity contribution in [2.45, 2.75) is 32.1 Å². The summed E-state index contributed by atoms with van der Waals surface area (Å²) < 4.78 is 86.2. The fourth-order valence-corrected chi connectivity index (χ4v) is 4.81. The van der Waals surface area contributed by atoms with Gasteiger partial charge in [-0.15, -0.1) is 0 Å². The van der Waals surface area contributed by atoms with E-state index < -0.39 is 23.4 Å². The van der Waals surface area contributed by atoms with Crippen LogP contribution < -0.4 is 4.74 Å². The number of imidazole rings is 1. The molecule has 0 bridgehead atoms. The first-order valence-corrected chi connectivity index (χ1v) is 12.9. The summed E-state index contributed by atoms with van der Waals surface area (Å²) in [5, 5.41) is 9.74. The Bertz CT molecular complexity index is 1580. The second-order valence-corrected chi connectivity index (χ2v) is 9.87. The Hall–Kier alpha value is -4.26. The van der Waals surface area contributed by atoms with E-state index in [0.29, 0.717) is 31.2 Å². The van der Waals surface area contributed by atoms with E-state index in [0.717, 1.165) is 25.0 Å². The van der Waals surface area contributed by atoms with Gasteiger partial charge in [0.1, 0.15) is 23.0 Å². The third kappa shape index (κ3) is 5.80. The van der Waals surface area contributed by atoms with Gasteiger partial charge in [0.15, 0.2) is 17.4 Å². The van der Waals surface area contributed by atoms with E-state index in [1.54, 1.807) is 5.01 Å². The van der Waals surface area contributed by atoms with Crippen LogP contribution in [0.15, 0.2) is 52.1 Å². The molecular weight excluding hydrogens is 549 g/mol. The van der Waals surface area contributed by atoms with E-state index in [9.17, 15) is 22.0 Å². The molecule has 1 N–H and O–H groups in total. The van der Waals surface area contributed by atoms with E-state index in [2.05, 4.69) is 20.2 Å². The molecule has 13 heteroatoms. The Morgan fingerprint density at radius 3 is 2.68 bits per heavy atom. The molecule has 2 aromatic heterocycles. The fourth-order valence-electron chi connectivity index (χ4n) is 4.81. The minimum atomic E-state index is -4.64. The molecule has 0 amide bonds. The first-order valence-electron chi connectivity index (χ1n) is 12.9. The number of nitrogens with zero attached hydrogens (tertiary/aromatic N) is 4. The lowest BCUT2D eigenvalue weighted by Crippen LogP contribution is -2.21. The first kappa shape index (κ1) is 26.9. The Balaban J connectivity index is 1.16. The fraction of sp³-hybridized carbons (Fsp3) is 0.321. The number of aromatic nitrogens is 3. The van der Waals surface area contributed by atoms with Crippen LogP contribution in [0.5, 0.6) is 5.75 Å². The number of fused-ring (bicyclic) bond motifs is 1. The van der Waals surface area contributed by atoms with Gasteiger partial charge >= 0.3 is 6.18 Å². The number of nitrogens with one attached hydrogen (secondary N) is 1. The van der Waals surface area contributed by atoms with Crippen molar-refractivity contribution in [2.75, 3.05) is 19.8 Å². The topological polar surface area (TPSA) is 88.8 Å². The lowest BCUT2D eigenvalue weighted by Gasteiger charge is -2.22. The van der Waals surface area contributed by atoms with Crippen LogP contribution in [0.4, 0.5) is 22.0 Å². The predicted molar refractivity (Wildman–Crippen MR) is 137 cm³/mol. The van der Waals surface area contributed by atoms with Crippen molar-refractivity contribution in [2.24, 2.45) is 11.0 Å². The SMILES string of the molecule is Fc1cccc(-c2nc3c([nH]2)CN(Cc2cc(-c4ccc(OCC5CCOCC5)cc4C(F)(F)F)no2)N=C3)c1F. The van der Waals surface area contributed by atoms with Gasteiger partial charge < -0.3 is 19.0 Å². The molecule has 4 heterocycles. The van der Waals surface area contributed by atoms with Crippen LogP contribution in [-0.2, 0) is 24.0 Å². The molecule has 0 spiro atoms. The summed E-state index contributed by atoms with van der Waals surface area (Å²) in [6.45, 7) is 1.88. The van der Waals surface area contributed by atoms with Crippen molar-refractivity contribution < 1.29 is 35.9 Å². The largest absolute Gasteiger partial charge is 0.493 e. The molecule has 2 aliphatic heterocycles. The van der Waals surface area contributed by atoms with Gasteiger partial charge in [0.05, 0.1) is 42.7 Å². The van der Waals surface area contributed by atoms with Gasteiger partial charge in [-0.2, -0.15) is 18.3 Å². The second-order valence-electron chi connectivity index (χ2n) is 9.87. The van der Waals surface area contributed by atoms with Crippen molar-refractivity contribution in [1.82, 2.24) is 20.1 Å². The molecule has 41 heavy (non-hydrogen) atoms. The monoisotopic (exact) mass is 573 g/mol. The Kier molecular flexibility index (Phi) is 7.20. The van der Waals surface area contributed by atoms with Crippen LogP contribution in [-0.4, -0.2) is 46.2 Å². The maximum atomic E-state index is 14.2. The predicted octanol–water partition coefficient (Wildman–Crippen LogP) is 6.18. The number of ether oxygens (including phenoxy) is 2. The molecular formula is C28H24F5N5O3. The van der Waals surface area contributed by atoms with Crippen LogP contribution in [0.25, 0.3) is 22.6 Å². The first-order chi connectivity index (χ1) is 19.7. The van der Waals surface area contributed by atoms with E-state index >= 15 is 0 Å². The molecule has 0 unspecified atom stereocenters. The Morgan fingerprint density at radius 1 is 1.05 bits per heavy atom. The van der Waals surface area contributed by atoms with E-state index in [-0.39, 0.29) is 53.2 Å². The second kappa shape index (κ2) is 11.0. The van der Waals surface area contributed by atoms with E-state index in [4.69, 9.17) is 14.0 Å². The summed E-state index contributed by atoms with van der Waals surface area (Å²) in [6.07, 6.45) is -1.57. The number of halogens is 5. The van der Waals surface area contributed by atoms with Crippen molar-refractivity contribution in [3.05, 3.63) is 76.8 Å². The quantitative estimate of drug-likeness (QED) is 0.266. The van der Waals surface area contributed by atoms with Crippen molar-refractivity contribution in [1.29, 1.82) is 0 Å². The van der Waals surface area contributed by atoms with E-state index in [1.165, 1.54) is 36.5 Å². The van der Waals surface area contributed by atoms with Gasteiger partial charge in [0.25, 0.3) is 0 Å². The zero-order valence-corrected chi connectivity index (χ0v) is 21.5. The molecule has 0 saturated carbocycles. The molecule has 8 nitrogen and oxygen atoms in total. The van der Waals surface area contributed by atoms with Gasteiger partial charge in [0, 0.05) is 24.8 Å². The minimum Gasteiger partial charge on any atom is -0.493 e.